The first-order valence-corrected chi connectivity index (χ1v) is 7.35. The van der Waals surface area contributed by atoms with E-state index in [-0.39, 0.29) is 11.7 Å². The first kappa shape index (κ1) is 12.4. The number of anilines is 2. The van der Waals surface area contributed by atoms with Crippen molar-refractivity contribution in [1.82, 2.24) is 15.2 Å². The molecular weight excluding hydrogens is 266 g/mol. The summed E-state index contributed by atoms with van der Waals surface area (Å²) in [5.41, 5.74) is 8.61. The van der Waals surface area contributed by atoms with Crippen molar-refractivity contribution in [3.05, 3.63) is 35.4 Å². The summed E-state index contributed by atoms with van der Waals surface area (Å²) in [6.45, 7) is 0.697. The van der Waals surface area contributed by atoms with E-state index in [1.54, 1.807) is 4.90 Å². The third kappa shape index (κ3) is 2.16. The average molecular weight is 283 g/mol. The normalized spacial score (nSPS) is 17.6. The van der Waals surface area contributed by atoms with E-state index >= 15 is 0 Å². The van der Waals surface area contributed by atoms with Crippen LogP contribution in [0.4, 0.5) is 11.4 Å². The lowest BCUT2D eigenvalue weighted by molar-refractivity contribution is 0.0975. The monoisotopic (exact) mass is 283 g/mol. The minimum Gasteiger partial charge on any atom is -0.399 e. The molecule has 2 heterocycles. The Balaban J connectivity index is 1.65. The first-order chi connectivity index (χ1) is 10.2. The molecule has 0 atom stereocenters. The number of aromatic nitrogens is 3. The number of nitrogens with zero attached hydrogens (tertiary/aromatic N) is 3. The van der Waals surface area contributed by atoms with Gasteiger partial charge >= 0.3 is 0 Å². The molecule has 1 fully saturated rings. The maximum Gasteiger partial charge on any atom is 0.297 e. The molecule has 0 saturated heterocycles. The Bertz CT molecular complexity index is 704. The Kier molecular flexibility index (Phi) is 2.70. The highest BCUT2D eigenvalue weighted by Gasteiger charge is 2.30. The fourth-order valence-corrected chi connectivity index (χ4v) is 2.86. The number of nitrogen functional groups attached to an aromatic ring is 1. The molecule has 2 aromatic rings. The Labute approximate surface area is 122 Å². The van der Waals surface area contributed by atoms with Gasteiger partial charge in [0.05, 0.1) is 0 Å². The van der Waals surface area contributed by atoms with Crippen LogP contribution in [0.3, 0.4) is 0 Å². The van der Waals surface area contributed by atoms with Gasteiger partial charge in [-0.3, -0.25) is 9.89 Å². The maximum absolute atomic E-state index is 12.7. The van der Waals surface area contributed by atoms with E-state index in [9.17, 15) is 4.79 Å². The number of aromatic amines is 1. The summed E-state index contributed by atoms with van der Waals surface area (Å²) < 4.78 is 0. The van der Waals surface area contributed by atoms with Gasteiger partial charge in [0.25, 0.3) is 5.91 Å². The number of carbonyl (C=O) groups is 1. The van der Waals surface area contributed by atoms with Gasteiger partial charge in [-0.1, -0.05) is 0 Å². The van der Waals surface area contributed by atoms with Crippen LogP contribution in [0, 0.1) is 0 Å². The van der Waals surface area contributed by atoms with Crippen molar-refractivity contribution in [2.75, 3.05) is 17.2 Å². The average Bonchev–Trinajstić information content (AvgIpc) is 3.23. The van der Waals surface area contributed by atoms with E-state index in [4.69, 9.17) is 5.73 Å². The lowest BCUT2D eigenvalue weighted by Crippen LogP contribution is -2.36. The summed E-state index contributed by atoms with van der Waals surface area (Å²) in [6, 6.07) is 5.69. The van der Waals surface area contributed by atoms with Crippen LogP contribution in [0.25, 0.3) is 0 Å². The van der Waals surface area contributed by atoms with Crippen LogP contribution < -0.4 is 10.6 Å². The second kappa shape index (κ2) is 4.58. The molecule has 0 spiro atoms. The number of aryl methyl sites for hydroxylation is 1. The molecule has 0 bridgehead atoms. The Hall–Kier alpha value is -2.37. The predicted octanol–water partition coefficient (Wildman–Crippen LogP) is 1.86. The van der Waals surface area contributed by atoms with Crippen LogP contribution in [-0.4, -0.2) is 27.6 Å². The molecule has 0 radical (unpaired) electrons. The molecule has 108 valence electrons. The van der Waals surface area contributed by atoms with Gasteiger partial charge in [-0.15, -0.1) is 5.10 Å². The van der Waals surface area contributed by atoms with Gasteiger partial charge in [-0.05, 0) is 49.4 Å². The number of benzene rings is 1. The summed E-state index contributed by atoms with van der Waals surface area (Å²) in [5, 5.41) is 6.98. The van der Waals surface area contributed by atoms with Gasteiger partial charge in [-0.25, -0.2) is 4.98 Å². The fraction of sp³-hybridized carbons (Fsp3) is 0.400. The molecular formula is C15H17N5O. The van der Waals surface area contributed by atoms with Crippen molar-refractivity contribution in [2.45, 2.75) is 31.6 Å². The smallest absolute Gasteiger partial charge is 0.297 e. The third-order valence-electron chi connectivity index (χ3n) is 4.13. The number of nitrogens with one attached hydrogen (secondary N) is 1. The first-order valence-electron chi connectivity index (χ1n) is 7.35. The number of amides is 1. The molecule has 4 rings (SSSR count). The van der Waals surface area contributed by atoms with Crippen LogP contribution >= 0.6 is 0 Å². The molecule has 6 nitrogen and oxygen atoms in total. The van der Waals surface area contributed by atoms with Gasteiger partial charge in [0.2, 0.25) is 5.82 Å². The van der Waals surface area contributed by atoms with E-state index < -0.39 is 0 Å². The van der Waals surface area contributed by atoms with Crippen molar-refractivity contribution < 1.29 is 4.79 Å². The number of H-pyrrole nitrogens is 1. The van der Waals surface area contributed by atoms with E-state index in [0.29, 0.717) is 12.5 Å². The fourth-order valence-electron chi connectivity index (χ4n) is 2.86. The zero-order chi connectivity index (χ0) is 14.4. The van der Waals surface area contributed by atoms with Gasteiger partial charge in [0.15, 0.2) is 0 Å². The topological polar surface area (TPSA) is 87.9 Å². The molecule has 6 heteroatoms. The number of hydrogen-bond acceptors (Lipinski definition) is 4. The molecule has 0 unspecified atom stereocenters. The lowest BCUT2D eigenvalue weighted by atomic mass is 10.0. The highest BCUT2D eigenvalue weighted by atomic mass is 16.2. The van der Waals surface area contributed by atoms with Gasteiger partial charge in [0, 0.05) is 23.8 Å². The van der Waals surface area contributed by atoms with Gasteiger partial charge in [-0.2, -0.15) is 0 Å². The third-order valence-corrected chi connectivity index (χ3v) is 4.13. The van der Waals surface area contributed by atoms with Crippen molar-refractivity contribution in [3.63, 3.8) is 0 Å². The number of rotatable bonds is 2. The second-order valence-electron chi connectivity index (χ2n) is 5.77. The predicted molar refractivity (Wildman–Crippen MR) is 79.2 cm³/mol. The Morgan fingerprint density at radius 2 is 2.24 bits per heavy atom. The lowest BCUT2D eigenvalue weighted by Gasteiger charge is -2.28. The molecule has 1 aliphatic carbocycles. The molecule has 2 aliphatic rings. The summed E-state index contributed by atoms with van der Waals surface area (Å²) >= 11 is 0. The summed E-state index contributed by atoms with van der Waals surface area (Å²) in [4.78, 5) is 18.8. The maximum atomic E-state index is 12.7. The largest absolute Gasteiger partial charge is 0.399 e. The highest BCUT2D eigenvalue weighted by molar-refractivity contribution is 6.04. The van der Waals surface area contributed by atoms with Crippen LogP contribution in [0.15, 0.2) is 18.2 Å². The molecule has 1 saturated carbocycles. The zero-order valence-corrected chi connectivity index (χ0v) is 11.7. The molecule has 3 N–H and O–H groups in total. The minimum absolute atomic E-state index is 0.135. The summed E-state index contributed by atoms with van der Waals surface area (Å²) in [5.74, 6) is 1.44. The van der Waals surface area contributed by atoms with Gasteiger partial charge in [0.1, 0.15) is 5.82 Å². The SMILES string of the molecule is Nc1ccc2c(c1)CCCN2C(=O)c1n[nH]c(C2CC2)n1. The zero-order valence-electron chi connectivity index (χ0n) is 11.7. The molecule has 1 aromatic carbocycles. The van der Waals surface area contributed by atoms with Crippen molar-refractivity contribution in [3.8, 4) is 0 Å². The molecule has 21 heavy (non-hydrogen) atoms. The minimum atomic E-state index is -0.135. The van der Waals surface area contributed by atoms with Crippen LogP contribution in [-0.2, 0) is 6.42 Å². The summed E-state index contributed by atoms with van der Waals surface area (Å²) in [7, 11) is 0. The number of nitrogens with two attached hydrogens (primary N) is 1. The highest BCUT2D eigenvalue weighted by Crippen LogP contribution is 2.38. The van der Waals surface area contributed by atoms with Gasteiger partial charge < -0.3 is 10.6 Å². The molecule has 1 aliphatic heterocycles. The van der Waals surface area contributed by atoms with Crippen molar-refractivity contribution in [1.29, 1.82) is 0 Å². The van der Waals surface area contributed by atoms with E-state index in [2.05, 4.69) is 15.2 Å². The van der Waals surface area contributed by atoms with Crippen molar-refractivity contribution in [2.24, 2.45) is 0 Å². The van der Waals surface area contributed by atoms with E-state index in [1.165, 1.54) is 0 Å². The number of carbonyl (C=O) groups excluding carboxylic acids is 1. The van der Waals surface area contributed by atoms with Crippen LogP contribution in [0.1, 0.15) is 47.2 Å². The second-order valence-corrected chi connectivity index (χ2v) is 5.77. The molecule has 1 amide bonds. The van der Waals surface area contributed by atoms with Crippen LogP contribution in [0.5, 0.6) is 0 Å². The number of hydrogen-bond donors (Lipinski definition) is 2. The van der Waals surface area contributed by atoms with Crippen LogP contribution in [0.2, 0.25) is 0 Å². The quantitative estimate of drug-likeness (QED) is 0.823. The van der Waals surface area contributed by atoms with Crippen molar-refractivity contribution >= 4 is 17.3 Å². The Morgan fingerprint density at radius 1 is 1.38 bits per heavy atom. The van der Waals surface area contributed by atoms with E-state index in [1.807, 2.05) is 18.2 Å². The standard InChI is InChI=1S/C15H17N5O/c16-11-5-6-12-10(8-11)2-1-7-20(12)15(21)14-17-13(18-19-14)9-3-4-9/h5-6,8-9H,1-4,7,16H2,(H,17,18,19). The molecule has 1 aromatic heterocycles. The van der Waals surface area contributed by atoms with E-state index in [0.717, 1.165) is 48.4 Å². The number of fused-ring (bicyclic) bond motifs is 1. The summed E-state index contributed by atoms with van der Waals surface area (Å²) in [6.07, 6.45) is 4.15. The Morgan fingerprint density at radius 3 is 3.05 bits per heavy atom.